The molecule has 1 aromatic rings. The molecule has 4 heteroatoms. The van der Waals surface area contributed by atoms with Crippen molar-refractivity contribution in [2.24, 2.45) is 0 Å². The Morgan fingerprint density at radius 2 is 2.31 bits per heavy atom. The van der Waals surface area contributed by atoms with Gasteiger partial charge in [-0.15, -0.1) is 0 Å². The van der Waals surface area contributed by atoms with Crippen LogP contribution in [0, 0.1) is 12.7 Å². The quantitative estimate of drug-likeness (QED) is 0.808. The van der Waals surface area contributed by atoms with E-state index in [9.17, 15) is 9.50 Å². The van der Waals surface area contributed by atoms with Crippen LogP contribution in [0.5, 0.6) is 11.5 Å². The highest BCUT2D eigenvalue weighted by Crippen LogP contribution is 2.38. The first kappa shape index (κ1) is 11.2. The van der Waals surface area contributed by atoms with E-state index in [0.717, 1.165) is 25.1 Å². The second-order valence-corrected chi connectivity index (χ2v) is 4.17. The number of phenols is 1. The van der Waals surface area contributed by atoms with Crippen LogP contribution in [0.25, 0.3) is 0 Å². The Kier molecular flexibility index (Phi) is 3.01. The summed E-state index contributed by atoms with van der Waals surface area (Å²) in [6.07, 6.45) is 0.972. The van der Waals surface area contributed by atoms with Gasteiger partial charge in [-0.05, 0) is 31.5 Å². The van der Waals surface area contributed by atoms with Crippen molar-refractivity contribution in [3.05, 3.63) is 23.0 Å². The Labute approximate surface area is 94.2 Å². The van der Waals surface area contributed by atoms with Crippen LogP contribution >= 0.6 is 0 Å². The van der Waals surface area contributed by atoms with E-state index in [1.807, 2.05) is 6.07 Å². The van der Waals surface area contributed by atoms with E-state index < -0.39 is 5.82 Å². The smallest absolute Gasteiger partial charge is 0.207 e. The number of hydrogen-bond acceptors (Lipinski definition) is 3. The van der Waals surface area contributed by atoms with Crippen molar-refractivity contribution in [1.29, 1.82) is 0 Å². The van der Waals surface area contributed by atoms with Crippen LogP contribution in [-0.4, -0.2) is 25.3 Å². The van der Waals surface area contributed by atoms with Gasteiger partial charge in [0.25, 0.3) is 0 Å². The molecule has 0 bridgehead atoms. The second kappa shape index (κ2) is 4.29. The fraction of sp³-hybridized carbons (Fsp3) is 0.500. The maximum absolute atomic E-state index is 13.8. The number of rotatable bonds is 2. The Hall–Kier alpha value is -1.29. The van der Waals surface area contributed by atoms with Gasteiger partial charge in [0.2, 0.25) is 5.82 Å². The lowest BCUT2D eigenvalue weighted by Gasteiger charge is -2.16. The van der Waals surface area contributed by atoms with Crippen LogP contribution in [0.2, 0.25) is 0 Å². The summed E-state index contributed by atoms with van der Waals surface area (Å²) < 4.78 is 18.8. The Balaban J connectivity index is 2.50. The molecule has 0 spiro atoms. The number of hydrogen-bond donors (Lipinski definition) is 2. The summed E-state index contributed by atoms with van der Waals surface area (Å²) in [4.78, 5) is 0. The molecule has 0 aliphatic carbocycles. The van der Waals surface area contributed by atoms with Crippen molar-refractivity contribution >= 4 is 0 Å². The van der Waals surface area contributed by atoms with Crippen LogP contribution in [0.3, 0.4) is 0 Å². The van der Waals surface area contributed by atoms with Crippen molar-refractivity contribution in [2.75, 3.05) is 20.2 Å². The molecule has 0 radical (unpaired) electrons. The number of phenolic OH excluding ortho intramolecular Hbond substituents is 1. The predicted molar refractivity (Wildman–Crippen MR) is 59.6 cm³/mol. The van der Waals surface area contributed by atoms with Gasteiger partial charge < -0.3 is 15.2 Å². The lowest BCUT2D eigenvalue weighted by atomic mass is 9.95. The highest BCUT2D eigenvalue weighted by molar-refractivity contribution is 5.49. The first-order valence-corrected chi connectivity index (χ1v) is 5.41. The molecule has 0 saturated carbocycles. The van der Waals surface area contributed by atoms with Gasteiger partial charge in [-0.25, -0.2) is 0 Å². The molecule has 1 aliphatic rings. The fourth-order valence-corrected chi connectivity index (χ4v) is 2.21. The molecular formula is C12H16FNO2. The molecule has 0 aromatic heterocycles. The van der Waals surface area contributed by atoms with E-state index in [1.165, 1.54) is 7.11 Å². The molecule has 16 heavy (non-hydrogen) atoms. The van der Waals surface area contributed by atoms with E-state index in [1.54, 1.807) is 6.92 Å². The summed E-state index contributed by atoms with van der Waals surface area (Å²) in [5.74, 6) is -0.517. The standard InChI is InChI=1S/C12H16FNO2/c1-7-5-9(8-3-4-14-6-8)12(16-2)10(13)11(7)15/h5,8,14-15H,3-4,6H2,1-2H3. The summed E-state index contributed by atoms with van der Waals surface area (Å²) in [6, 6.07) is 1.81. The minimum atomic E-state index is -0.649. The number of aromatic hydroxyl groups is 1. The van der Waals surface area contributed by atoms with E-state index >= 15 is 0 Å². The van der Waals surface area contributed by atoms with Crippen molar-refractivity contribution < 1.29 is 14.2 Å². The number of nitrogens with one attached hydrogen (secondary N) is 1. The third kappa shape index (κ3) is 1.73. The topological polar surface area (TPSA) is 41.5 Å². The Bertz CT molecular complexity index is 400. The lowest BCUT2D eigenvalue weighted by molar-refractivity contribution is 0.356. The number of benzene rings is 1. The first-order chi connectivity index (χ1) is 7.65. The van der Waals surface area contributed by atoms with Crippen LogP contribution < -0.4 is 10.1 Å². The van der Waals surface area contributed by atoms with E-state index in [2.05, 4.69) is 5.32 Å². The molecule has 1 atom stereocenters. The molecule has 88 valence electrons. The normalized spacial score (nSPS) is 20.1. The summed E-state index contributed by atoms with van der Waals surface area (Å²) >= 11 is 0. The molecule has 1 fully saturated rings. The van der Waals surface area contributed by atoms with Gasteiger partial charge in [0.05, 0.1) is 7.11 Å². The monoisotopic (exact) mass is 225 g/mol. The molecule has 1 unspecified atom stereocenters. The Morgan fingerprint density at radius 3 is 2.88 bits per heavy atom. The summed E-state index contributed by atoms with van der Waals surface area (Å²) in [6.45, 7) is 3.47. The van der Waals surface area contributed by atoms with Gasteiger partial charge >= 0.3 is 0 Å². The van der Waals surface area contributed by atoms with E-state index in [4.69, 9.17) is 4.74 Å². The molecule has 3 nitrogen and oxygen atoms in total. The molecule has 1 heterocycles. The van der Waals surface area contributed by atoms with Gasteiger partial charge in [-0.2, -0.15) is 4.39 Å². The maximum Gasteiger partial charge on any atom is 0.207 e. The zero-order valence-electron chi connectivity index (χ0n) is 9.51. The summed E-state index contributed by atoms with van der Waals surface area (Å²) in [5, 5.41) is 12.8. The average Bonchev–Trinajstić information content (AvgIpc) is 2.79. The van der Waals surface area contributed by atoms with Crippen LogP contribution in [0.1, 0.15) is 23.5 Å². The van der Waals surface area contributed by atoms with Crippen LogP contribution in [0.4, 0.5) is 4.39 Å². The van der Waals surface area contributed by atoms with Gasteiger partial charge in [-0.1, -0.05) is 0 Å². The van der Waals surface area contributed by atoms with Gasteiger partial charge in [0, 0.05) is 18.0 Å². The molecule has 1 aliphatic heterocycles. The van der Waals surface area contributed by atoms with Crippen molar-refractivity contribution in [1.82, 2.24) is 5.32 Å². The number of ether oxygens (including phenoxy) is 1. The van der Waals surface area contributed by atoms with E-state index in [-0.39, 0.29) is 17.4 Å². The number of halogens is 1. The zero-order chi connectivity index (χ0) is 11.7. The predicted octanol–water partition coefficient (Wildman–Crippen LogP) is 1.93. The minimum Gasteiger partial charge on any atom is -0.505 e. The van der Waals surface area contributed by atoms with Crippen LogP contribution in [-0.2, 0) is 0 Å². The van der Waals surface area contributed by atoms with Crippen molar-refractivity contribution in [3.8, 4) is 11.5 Å². The molecule has 1 aromatic carbocycles. The van der Waals surface area contributed by atoms with Gasteiger partial charge in [0.15, 0.2) is 11.5 Å². The number of aryl methyl sites for hydroxylation is 1. The van der Waals surface area contributed by atoms with Gasteiger partial charge in [0.1, 0.15) is 0 Å². The largest absolute Gasteiger partial charge is 0.505 e. The highest BCUT2D eigenvalue weighted by Gasteiger charge is 2.25. The molecule has 0 amide bonds. The minimum absolute atomic E-state index is 0.178. The first-order valence-electron chi connectivity index (χ1n) is 5.41. The zero-order valence-corrected chi connectivity index (χ0v) is 9.51. The fourth-order valence-electron chi connectivity index (χ4n) is 2.21. The summed E-state index contributed by atoms with van der Waals surface area (Å²) in [5.41, 5.74) is 1.40. The summed E-state index contributed by atoms with van der Waals surface area (Å²) in [7, 11) is 1.43. The van der Waals surface area contributed by atoms with Crippen molar-refractivity contribution in [2.45, 2.75) is 19.3 Å². The van der Waals surface area contributed by atoms with E-state index in [0.29, 0.717) is 5.56 Å². The molecule has 2 rings (SSSR count). The molecule has 1 saturated heterocycles. The van der Waals surface area contributed by atoms with Crippen LogP contribution in [0.15, 0.2) is 6.07 Å². The maximum atomic E-state index is 13.8. The lowest BCUT2D eigenvalue weighted by Crippen LogP contribution is -2.09. The second-order valence-electron chi connectivity index (χ2n) is 4.17. The average molecular weight is 225 g/mol. The highest BCUT2D eigenvalue weighted by atomic mass is 19.1. The molecular weight excluding hydrogens is 209 g/mol. The SMILES string of the molecule is COc1c(C2CCNC2)cc(C)c(O)c1F. The third-order valence-electron chi connectivity index (χ3n) is 3.12. The molecule has 2 N–H and O–H groups in total. The Morgan fingerprint density at radius 1 is 1.56 bits per heavy atom. The van der Waals surface area contributed by atoms with Crippen molar-refractivity contribution in [3.63, 3.8) is 0 Å². The third-order valence-corrected chi connectivity index (χ3v) is 3.12. The number of methoxy groups -OCH3 is 1. The van der Waals surface area contributed by atoms with Gasteiger partial charge in [-0.3, -0.25) is 0 Å².